The molecule has 21 heavy (non-hydrogen) atoms. The molecule has 1 aromatic carbocycles. The Bertz CT molecular complexity index is 631. The first-order valence-electron chi connectivity index (χ1n) is 7.42. The molecular weight excluding hydrogens is 265 g/mol. The molecule has 0 spiro atoms. The third-order valence-corrected chi connectivity index (χ3v) is 4.10. The summed E-state index contributed by atoms with van der Waals surface area (Å²) < 4.78 is 15.4. The predicted molar refractivity (Wildman–Crippen MR) is 83.9 cm³/mol. The summed E-state index contributed by atoms with van der Waals surface area (Å²) in [6, 6.07) is 5.16. The zero-order chi connectivity index (χ0) is 15.6. The fourth-order valence-corrected chi connectivity index (χ4v) is 2.90. The number of benzene rings is 1. The van der Waals surface area contributed by atoms with Gasteiger partial charge in [0.25, 0.3) is 0 Å². The van der Waals surface area contributed by atoms with Crippen LogP contribution in [-0.2, 0) is 13.5 Å². The summed E-state index contributed by atoms with van der Waals surface area (Å²) in [5, 5.41) is 8.01. The maximum absolute atomic E-state index is 13.5. The van der Waals surface area contributed by atoms with Crippen LogP contribution >= 0.6 is 0 Å². The highest BCUT2D eigenvalue weighted by Gasteiger charge is 2.20. The van der Waals surface area contributed by atoms with Crippen LogP contribution in [0.2, 0.25) is 0 Å². The summed E-state index contributed by atoms with van der Waals surface area (Å²) in [6.07, 6.45) is 0.769. The normalized spacial score (nSPS) is 12.7. The Balaban J connectivity index is 2.37. The molecule has 1 unspecified atom stereocenters. The van der Waals surface area contributed by atoms with Crippen molar-refractivity contribution in [2.45, 2.75) is 40.2 Å². The number of hydrogen-bond acceptors (Lipinski definition) is 2. The number of nitrogens with one attached hydrogen (secondary N) is 1. The number of nitrogens with zero attached hydrogens (tertiary/aromatic N) is 2. The highest BCUT2D eigenvalue weighted by atomic mass is 19.1. The Morgan fingerprint density at radius 2 is 2.00 bits per heavy atom. The lowest BCUT2D eigenvalue weighted by Crippen LogP contribution is -2.24. The molecule has 0 saturated carbocycles. The van der Waals surface area contributed by atoms with Crippen molar-refractivity contribution >= 4 is 0 Å². The molecule has 0 radical (unpaired) electrons. The largest absolute Gasteiger partial charge is 0.310 e. The van der Waals surface area contributed by atoms with Crippen LogP contribution in [0.5, 0.6) is 0 Å². The first-order chi connectivity index (χ1) is 9.93. The van der Waals surface area contributed by atoms with Gasteiger partial charge in [-0.1, -0.05) is 13.0 Å². The van der Waals surface area contributed by atoms with E-state index >= 15 is 0 Å². The molecule has 1 N–H and O–H groups in total. The molecule has 0 fully saturated rings. The van der Waals surface area contributed by atoms with Crippen molar-refractivity contribution in [3.8, 4) is 0 Å². The SMILES string of the molecule is CCNC(Cc1cc(F)ccc1C)c1c(C)nn(C)c1C. The van der Waals surface area contributed by atoms with Crippen LogP contribution in [0.3, 0.4) is 0 Å². The van der Waals surface area contributed by atoms with E-state index in [0.29, 0.717) is 0 Å². The van der Waals surface area contributed by atoms with Gasteiger partial charge in [0.1, 0.15) is 5.82 Å². The van der Waals surface area contributed by atoms with Gasteiger partial charge >= 0.3 is 0 Å². The van der Waals surface area contributed by atoms with Gasteiger partial charge in [0, 0.05) is 24.3 Å². The van der Waals surface area contributed by atoms with Crippen LogP contribution in [0.25, 0.3) is 0 Å². The Morgan fingerprint density at radius 3 is 2.57 bits per heavy atom. The summed E-state index contributed by atoms with van der Waals surface area (Å²) in [7, 11) is 1.96. The third-order valence-electron chi connectivity index (χ3n) is 4.10. The van der Waals surface area contributed by atoms with E-state index in [-0.39, 0.29) is 11.9 Å². The quantitative estimate of drug-likeness (QED) is 0.914. The van der Waals surface area contributed by atoms with Crippen molar-refractivity contribution in [3.63, 3.8) is 0 Å². The van der Waals surface area contributed by atoms with Gasteiger partial charge in [-0.25, -0.2) is 4.39 Å². The second-order valence-electron chi connectivity index (χ2n) is 5.59. The zero-order valence-corrected chi connectivity index (χ0v) is 13.5. The molecule has 4 heteroatoms. The fraction of sp³-hybridized carbons (Fsp3) is 0.471. The maximum atomic E-state index is 13.5. The molecule has 0 aliphatic heterocycles. The van der Waals surface area contributed by atoms with E-state index < -0.39 is 0 Å². The topological polar surface area (TPSA) is 29.9 Å². The molecule has 3 nitrogen and oxygen atoms in total. The van der Waals surface area contributed by atoms with Gasteiger partial charge in [-0.15, -0.1) is 0 Å². The molecule has 0 saturated heterocycles. The van der Waals surface area contributed by atoms with Gasteiger partial charge < -0.3 is 5.32 Å². The van der Waals surface area contributed by atoms with Crippen molar-refractivity contribution in [1.82, 2.24) is 15.1 Å². The standard InChI is InChI=1S/C17H24FN3/c1-6-19-16(17-12(3)20-21(5)13(17)4)10-14-9-15(18)8-7-11(14)2/h7-9,16,19H,6,10H2,1-5H3. The van der Waals surface area contributed by atoms with Crippen LogP contribution in [-0.4, -0.2) is 16.3 Å². The summed E-state index contributed by atoms with van der Waals surface area (Å²) in [4.78, 5) is 0. The number of likely N-dealkylation sites (N-methyl/N-ethyl adjacent to an activating group) is 1. The average Bonchev–Trinajstić information content (AvgIpc) is 2.67. The lowest BCUT2D eigenvalue weighted by Gasteiger charge is -2.20. The molecule has 0 aliphatic rings. The smallest absolute Gasteiger partial charge is 0.123 e. The minimum atomic E-state index is -0.175. The molecular formula is C17H24FN3. The van der Waals surface area contributed by atoms with Crippen LogP contribution in [0.4, 0.5) is 4.39 Å². The van der Waals surface area contributed by atoms with Crippen LogP contribution in [0.15, 0.2) is 18.2 Å². The average molecular weight is 289 g/mol. The van der Waals surface area contributed by atoms with E-state index in [1.165, 1.54) is 11.6 Å². The van der Waals surface area contributed by atoms with Crippen molar-refractivity contribution in [2.24, 2.45) is 7.05 Å². The van der Waals surface area contributed by atoms with E-state index in [9.17, 15) is 4.39 Å². The highest BCUT2D eigenvalue weighted by molar-refractivity contribution is 5.33. The molecule has 0 aliphatic carbocycles. The van der Waals surface area contributed by atoms with Gasteiger partial charge in [0.15, 0.2) is 0 Å². The zero-order valence-electron chi connectivity index (χ0n) is 13.5. The number of rotatable bonds is 5. The Hall–Kier alpha value is -1.68. The molecule has 1 aromatic heterocycles. The van der Waals surface area contributed by atoms with E-state index in [2.05, 4.69) is 24.3 Å². The second kappa shape index (κ2) is 6.39. The Labute approximate surface area is 126 Å². The molecule has 114 valence electrons. The van der Waals surface area contributed by atoms with Gasteiger partial charge in [-0.3, -0.25) is 4.68 Å². The molecule has 1 heterocycles. The first kappa shape index (κ1) is 15.7. The van der Waals surface area contributed by atoms with Gasteiger partial charge in [-0.05, 0) is 57.0 Å². The van der Waals surface area contributed by atoms with E-state index in [0.717, 1.165) is 35.5 Å². The van der Waals surface area contributed by atoms with E-state index in [1.807, 2.05) is 31.6 Å². The Morgan fingerprint density at radius 1 is 1.29 bits per heavy atom. The summed E-state index contributed by atoms with van der Waals surface area (Å²) in [5.41, 5.74) is 5.59. The lowest BCUT2D eigenvalue weighted by molar-refractivity contribution is 0.540. The Kier molecular flexibility index (Phi) is 4.78. The minimum Gasteiger partial charge on any atom is -0.310 e. The molecule has 2 rings (SSSR count). The predicted octanol–water partition coefficient (Wildman–Crippen LogP) is 3.38. The monoisotopic (exact) mass is 289 g/mol. The fourth-order valence-electron chi connectivity index (χ4n) is 2.90. The van der Waals surface area contributed by atoms with Crippen LogP contribution < -0.4 is 5.32 Å². The molecule has 2 aromatic rings. The first-order valence-corrected chi connectivity index (χ1v) is 7.42. The molecule has 1 atom stereocenters. The lowest BCUT2D eigenvalue weighted by atomic mass is 9.94. The summed E-state index contributed by atoms with van der Waals surface area (Å²) in [6.45, 7) is 9.10. The van der Waals surface area contributed by atoms with Crippen molar-refractivity contribution < 1.29 is 4.39 Å². The molecule has 0 bridgehead atoms. The third kappa shape index (κ3) is 3.32. The number of aromatic nitrogens is 2. The van der Waals surface area contributed by atoms with Crippen molar-refractivity contribution in [3.05, 3.63) is 52.1 Å². The van der Waals surface area contributed by atoms with E-state index in [1.54, 1.807) is 6.07 Å². The number of aryl methyl sites for hydroxylation is 3. The second-order valence-corrected chi connectivity index (χ2v) is 5.59. The summed E-state index contributed by atoms with van der Waals surface area (Å²) >= 11 is 0. The van der Waals surface area contributed by atoms with Crippen molar-refractivity contribution in [1.29, 1.82) is 0 Å². The number of hydrogen-bond donors (Lipinski definition) is 1. The van der Waals surface area contributed by atoms with Gasteiger partial charge in [0.2, 0.25) is 0 Å². The van der Waals surface area contributed by atoms with Gasteiger partial charge in [0.05, 0.1) is 5.69 Å². The molecule has 0 amide bonds. The highest BCUT2D eigenvalue weighted by Crippen LogP contribution is 2.26. The maximum Gasteiger partial charge on any atom is 0.123 e. The minimum absolute atomic E-state index is 0.157. The number of halogens is 1. The van der Waals surface area contributed by atoms with Crippen molar-refractivity contribution in [2.75, 3.05) is 6.54 Å². The van der Waals surface area contributed by atoms with Crippen LogP contribution in [0, 0.1) is 26.6 Å². The van der Waals surface area contributed by atoms with E-state index in [4.69, 9.17) is 0 Å². The van der Waals surface area contributed by atoms with Crippen LogP contribution in [0.1, 0.15) is 41.0 Å². The summed E-state index contributed by atoms with van der Waals surface area (Å²) in [5.74, 6) is -0.175. The van der Waals surface area contributed by atoms with Gasteiger partial charge in [-0.2, -0.15) is 5.10 Å².